The molecule has 0 aliphatic rings. The minimum Gasteiger partial charge on any atom is -0.352 e. The number of halogens is 3. The van der Waals surface area contributed by atoms with Crippen LogP contribution in [-0.2, 0) is 0 Å². The molecule has 0 saturated heterocycles. The van der Waals surface area contributed by atoms with E-state index in [2.05, 4.69) is 11.4 Å². The van der Waals surface area contributed by atoms with E-state index >= 15 is 0 Å². The molecule has 2 rings (SSSR count). The third kappa shape index (κ3) is 2.79. The summed E-state index contributed by atoms with van der Waals surface area (Å²) in [6.07, 6.45) is 0. The Balaban J connectivity index is 2.52. The number of nitrogens with one attached hydrogen (secondary N) is 1. The molecule has 2 nitrogen and oxygen atoms in total. The number of hydrogen-bond acceptors (Lipinski definition) is 2. The van der Waals surface area contributed by atoms with Crippen molar-refractivity contribution in [1.82, 2.24) is 0 Å². The first kappa shape index (κ1) is 14.0. The lowest BCUT2D eigenvalue weighted by atomic mass is 10.1. The molecule has 0 spiro atoms. The number of aryl methyl sites for hydroxylation is 1. The summed E-state index contributed by atoms with van der Waals surface area (Å²) in [4.78, 5) is 0. The normalized spacial score (nSPS) is 10.1. The predicted octanol–water partition coefficient (Wildman–Crippen LogP) is 5.57. The van der Waals surface area contributed by atoms with Crippen molar-refractivity contribution in [1.29, 1.82) is 5.26 Å². The number of benzene rings is 2. The smallest absolute Gasteiger partial charge is 0.103 e. The molecule has 2 aromatic rings. The maximum atomic E-state index is 9.13. The summed E-state index contributed by atoms with van der Waals surface area (Å²) in [5.41, 5.74) is 2.40. The number of nitrogens with zero attached hydrogens (tertiary/aromatic N) is 1. The van der Waals surface area contributed by atoms with Gasteiger partial charge in [-0.15, -0.1) is 0 Å². The Labute approximate surface area is 126 Å². The molecule has 0 heterocycles. The van der Waals surface area contributed by atoms with Crippen molar-refractivity contribution in [3.05, 3.63) is 56.5 Å². The number of hydrogen-bond donors (Lipinski definition) is 1. The minimum absolute atomic E-state index is 0.359. The van der Waals surface area contributed by atoms with Crippen molar-refractivity contribution in [3.8, 4) is 6.07 Å². The molecule has 5 heteroatoms. The van der Waals surface area contributed by atoms with Gasteiger partial charge in [0, 0.05) is 0 Å². The highest BCUT2D eigenvalue weighted by Crippen LogP contribution is 2.36. The Hall–Kier alpha value is -1.40. The van der Waals surface area contributed by atoms with Gasteiger partial charge in [-0.3, -0.25) is 0 Å². The van der Waals surface area contributed by atoms with Gasteiger partial charge in [-0.2, -0.15) is 5.26 Å². The van der Waals surface area contributed by atoms with Crippen molar-refractivity contribution in [2.45, 2.75) is 6.92 Å². The van der Waals surface area contributed by atoms with E-state index in [4.69, 9.17) is 40.1 Å². The van der Waals surface area contributed by atoms with Gasteiger partial charge >= 0.3 is 0 Å². The van der Waals surface area contributed by atoms with Crippen LogP contribution in [0.25, 0.3) is 0 Å². The van der Waals surface area contributed by atoms with Crippen LogP contribution in [0.15, 0.2) is 30.3 Å². The number of anilines is 2. The SMILES string of the molecule is Cc1ccc(Cl)c(Nc2cccc(Cl)c2C#N)c1Cl. The molecule has 0 radical (unpaired) electrons. The van der Waals surface area contributed by atoms with Gasteiger partial charge in [-0.25, -0.2) is 0 Å². The number of rotatable bonds is 2. The lowest BCUT2D eigenvalue weighted by Gasteiger charge is -2.13. The Morgan fingerprint density at radius 3 is 2.47 bits per heavy atom. The van der Waals surface area contributed by atoms with Crippen LogP contribution in [0.1, 0.15) is 11.1 Å². The Morgan fingerprint density at radius 1 is 1.05 bits per heavy atom. The summed E-state index contributed by atoms with van der Waals surface area (Å²) in [5, 5.41) is 13.6. The topological polar surface area (TPSA) is 35.8 Å². The van der Waals surface area contributed by atoms with Crippen molar-refractivity contribution < 1.29 is 0 Å². The summed E-state index contributed by atoms with van der Waals surface area (Å²) in [6, 6.07) is 10.8. The van der Waals surface area contributed by atoms with Gasteiger partial charge in [-0.1, -0.05) is 46.9 Å². The highest BCUT2D eigenvalue weighted by molar-refractivity contribution is 6.39. The lowest BCUT2D eigenvalue weighted by Crippen LogP contribution is -1.97. The van der Waals surface area contributed by atoms with Crippen LogP contribution in [0, 0.1) is 18.3 Å². The summed E-state index contributed by atoms with van der Waals surface area (Å²) < 4.78 is 0. The average Bonchev–Trinajstić information content (AvgIpc) is 2.39. The molecule has 0 aliphatic carbocycles. The van der Waals surface area contributed by atoms with Crippen LogP contribution >= 0.6 is 34.8 Å². The second-order valence-electron chi connectivity index (χ2n) is 3.95. The Kier molecular flexibility index (Phi) is 4.21. The van der Waals surface area contributed by atoms with Crippen LogP contribution in [0.4, 0.5) is 11.4 Å². The van der Waals surface area contributed by atoms with Gasteiger partial charge in [0.2, 0.25) is 0 Å². The van der Waals surface area contributed by atoms with Crippen molar-refractivity contribution >= 4 is 46.2 Å². The molecule has 1 N–H and O–H groups in total. The van der Waals surface area contributed by atoms with E-state index in [1.54, 1.807) is 24.3 Å². The van der Waals surface area contributed by atoms with Crippen LogP contribution in [0.5, 0.6) is 0 Å². The van der Waals surface area contributed by atoms with Crippen molar-refractivity contribution in [2.75, 3.05) is 5.32 Å². The summed E-state index contributed by atoms with van der Waals surface area (Å²) in [5.74, 6) is 0. The molecule has 0 bridgehead atoms. The molecule has 0 aliphatic heterocycles. The third-order valence-electron chi connectivity index (χ3n) is 2.67. The van der Waals surface area contributed by atoms with Gasteiger partial charge in [0.05, 0.1) is 32.0 Å². The Bertz CT molecular complexity index is 675. The van der Waals surface area contributed by atoms with Gasteiger partial charge < -0.3 is 5.32 Å². The quantitative estimate of drug-likeness (QED) is 0.787. The zero-order valence-corrected chi connectivity index (χ0v) is 12.2. The van der Waals surface area contributed by atoms with Crippen molar-refractivity contribution in [2.24, 2.45) is 0 Å². The highest BCUT2D eigenvalue weighted by atomic mass is 35.5. The first-order valence-electron chi connectivity index (χ1n) is 5.45. The maximum Gasteiger partial charge on any atom is 0.103 e. The van der Waals surface area contributed by atoms with Crippen LogP contribution in [0.2, 0.25) is 15.1 Å². The van der Waals surface area contributed by atoms with Crippen molar-refractivity contribution in [3.63, 3.8) is 0 Å². The van der Waals surface area contributed by atoms with E-state index in [1.165, 1.54) is 0 Å². The molecular formula is C14H9Cl3N2. The van der Waals surface area contributed by atoms with Crippen LogP contribution < -0.4 is 5.32 Å². The molecule has 0 aromatic heterocycles. The molecular weight excluding hydrogens is 303 g/mol. The van der Waals surface area contributed by atoms with Crippen LogP contribution in [-0.4, -0.2) is 0 Å². The van der Waals surface area contributed by atoms with E-state index in [0.717, 1.165) is 5.56 Å². The third-order valence-corrected chi connectivity index (χ3v) is 3.79. The second-order valence-corrected chi connectivity index (χ2v) is 5.14. The lowest BCUT2D eigenvalue weighted by molar-refractivity contribution is 1.43. The zero-order valence-electron chi connectivity index (χ0n) is 9.97. The fourth-order valence-electron chi connectivity index (χ4n) is 1.65. The number of nitriles is 1. The summed E-state index contributed by atoms with van der Waals surface area (Å²) in [7, 11) is 0. The van der Waals surface area contributed by atoms with Gasteiger partial charge in [0.25, 0.3) is 0 Å². The van der Waals surface area contributed by atoms with E-state index in [0.29, 0.717) is 32.0 Å². The summed E-state index contributed by atoms with van der Waals surface area (Å²) >= 11 is 18.3. The predicted molar refractivity (Wildman–Crippen MR) is 80.6 cm³/mol. The average molecular weight is 312 g/mol. The highest BCUT2D eigenvalue weighted by Gasteiger charge is 2.12. The first-order chi connectivity index (χ1) is 9.04. The van der Waals surface area contributed by atoms with Crippen LogP contribution in [0.3, 0.4) is 0 Å². The van der Waals surface area contributed by atoms with Gasteiger partial charge in [-0.05, 0) is 30.7 Å². The van der Waals surface area contributed by atoms with E-state index in [1.807, 2.05) is 13.0 Å². The van der Waals surface area contributed by atoms with Gasteiger partial charge in [0.1, 0.15) is 6.07 Å². The fourth-order valence-corrected chi connectivity index (χ4v) is 2.33. The van der Waals surface area contributed by atoms with E-state index < -0.39 is 0 Å². The molecule has 2 aromatic carbocycles. The molecule has 0 atom stereocenters. The maximum absolute atomic E-state index is 9.13. The molecule has 0 unspecified atom stereocenters. The Morgan fingerprint density at radius 2 is 1.79 bits per heavy atom. The molecule has 96 valence electrons. The summed E-state index contributed by atoms with van der Waals surface area (Å²) in [6.45, 7) is 1.88. The molecule has 0 amide bonds. The zero-order chi connectivity index (χ0) is 14.0. The van der Waals surface area contributed by atoms with Gasteiger partial charge in [0.15, 0.2) is 0 Å². The first-order valence-corrected chi connectivity index (χ1v) is 6.58. The van der Waals surface area contributed by atoms with E-state index in [-0.39, 0.29) is 0 Å². The van der Waals surface area contributed by atoms with E-state index in [9.17, 15) is 0 Å². The monoisotopic (exact) mass is 310 g/mol. The largest absolute Gasteiger partial charge is 0.352 e. The second kappa shape index (κ2) is 5.71. The minimum atomic E-state index is 0.359. The fraction of sp³-hybridized carbons (Fsp3) is 0.0714. The molecule has 19 heavy (non-hydrogen) atoms. The molecule has 0 saturated carbocycles. The standard InChI is InChI=1S/C14H9Cl3N2/c1-8-5-6-11(16)14(13(8)17)19-12-4-2-3-10(15)9(12)7-18/h2-6,19H,1H3. The molecule has 0 fully saturated rings.